The molecule has 1 unspecified atom stereocenters. The molecule has 0 aliphatic heterocycles. The van der Waals surface area contributed by atoms with Gasteiger partial charge in [0, 0.05) is 19.0 Å². The number of aliphatic imine (C=N–C) groups is 1. The summed E-state index contributed by atoms with van der Waals surface area (Å²) >= 11 is 0. The van der Waals surface area contributed by atoms with Gasteiger partial charge in [-0.15, -0.1) is 0 Å². The summed E-state index contributed by atoms with van der Waals surface area (Å²) in [5, 5.41) is 16.3. The molecule has 0 fully saturated rings. The van der Waals surface area contributed by atoms with Gasteiger partial charge in [-0.25, -0.2) is 0 Å². The fourth-order valence-corrected chi connectivity index (χ4v) is 2.93. The van der Waals surface area contributed by atoms with Gasteiger partial charge < -0.3 is 25.2 Å². The second-order valence-electron chi connectivity index (χ2n) is 6.36. The molecule has 0 aliphatic rings. The summed E-state index contributed by atoms with van der Waals surface area (Å²) in [6, 6.07) is 15.8. The monoisotopic (exact) mass is 385 g/mol. The number of hydrogen-bond acceptors (Lipinski definition) is 4. The first-order valence-corrected chi connectivity index (χ1v) is 9.60. The minimum atomic E-state index is -0.0184. The maximum atomic E-state index is 9.72. The maximum absolute atomic E-state index is 9.72. The van der Waals surface area contributed by atoms with Crippen molar-refractivity contribution in [2.45, 2.75) is 19.3 Å². The van der Waals surface area contributed by atoms with E-state index in [2.05, 4.69) is 15.6 Å². The molecule has 2 aromatic carbocycles. The molecule has 0 saturated heterocycles. The Bertz CT molecular complexity index is 735. The van der Waals surface area contributed by atoms with Crippen LogP contribution in [0.1, 0.15) is 24.0 Å². The molecule has 28 heavy (non-hydrogen) atoms. The molecule has 0 aromatic heterocycles. The molecule has 152 valence electrons. The molecule has 1 atom stereocenters. The van der Waals surface area contributed by atoms with E-state index in [0.29, 0.717) is 13.1 Å². The maximum Gasteiger partial charge on any atom is 0.191 e. The Labute approximate surface area is 167 Å². The van der Waals surface area contributed by atoms with Crippen LogP contribution in [0.3, 0.4) is 0 Å². The normalized spacial score (nSPS) is 12.4. The van der Waals surface area contributed by atoms with Gasteiger partial charge in [0.25, 0.3) is 0 Å². The molecule has 0 amide bonds. The fraction of sp³-hybridized carbons (Fsp3) is 0.409. The largest absolute Gasteiger partial charge is 0.497 e. The minimum absolute atomic E-state index is 0.0184. The highest BCUT2D eigenvalue weighted by Gasteiger charge is 2.10. The van der Waals surface area contributed by atoms with Crippen molar-refractivity contribution >= 4 is 5.96 Å². The Balaban J connectivity index is 1.98. The second-order valence-corrected chi connectivity index (χ2v) is 6.36. The smallest absolute Gasteiger partial charge is 0.191 e. The molecule has 0 aliphatic carbocycles. The van der Waals surface area contributed by atoms with Crippen molar-refractivity contribution in [2.24, 2.45) is 4.99 Å². The second kappa shape index (κ2) is 11.9. The molecule has 0 saturated carbocycles. The van der Waals surface area contributed by atoms with E-state index in [0.717, 1.165) is 41.6 Å². The van der Waals surface area contributed by atoms with E-state index in [9.17, 15) is 5.11 Å². The zero-order valence-electron chi connectivity index (χ0n) is 16.9. The first-order valence-electron chi connectivity index (χ1n) is 9.60. The van der Waals surface area contributed by atoms with Crippen LogP contribution < -0.4 is 20.1 Å². The topological polar surface area (TPSA) is 75.1 Å². The molecular weight excluding hydrogens is 354 g/mol. The van der Waals surface area contributed by atoms with Crippen molar-refractivity contribution in [2.75, 3.05) is 40.5 Å². The first-order chi connectivity index (χ1) is 13.7. The van der Waals surface area contributed by atoms with Crippen LogP contribution >= 0.6 is 0 Å². The molecule has 0 bridgehead atoms. The summed E-state index contributed by atoms with van der Waals surface area (Å²) in [7, 11) is 3.33. The molecule has 0 heterocycles. The predicted molar refractivity (Wildman–Crippen MR) is 114 cm³/mol. The predicted octanol–water partition coefficient (Wildman–Crippen LogP) is 2.58. The lowest BCUT2D eigenvalue weighted by atomic mass is 10.0. The highest BCUT2D eigenvalue weighted by molar-refractivity contribution is 5.79. The zero-order chi connectivity index (χ0) is 20.2. The van der Waals surface area contributed by atoms with Crippen LogP contribution in [-0.2, 0) is 6.42 Å². The Hall–Kier alpha value is -2.73. The Morgan fingerprint density at radius 3 is 2.50 bits per heavy atom. The number of ether oxygens (including phenoxy) is 2. The van der Waals surface area contributed by atoms with E-state index in [4.69, 9.17) is 9.47 Å². The van der Waals surface area contributed by atoms with Crippen LogP contribution in [0.15, 0.2) is 53.5 Å². The minimum Gasteiger partial charge on any atom is -0.497 e. The van der Waals surface area contributed by atoms with Crippen molar-refractivity contribution in [1.82, 2.24) is 10.6 Å². The number of guanidine groups is 1. The van der Waals surface area contributed by atoms with Gasteiger partial charge in [0.15, 0.2) is 5.96 Å². The molecular formula is C22H31N3O3. The van der Waals surface area contributed by atoms with Crippen molar-refractivity contribution in [3.63, 3.8) is 0 Å². The van der Waals surface area contributed by atoms with Crippen LogP contribution in [-0.4, -0.2) is 51.5 Å². The fourth-order valence-electron chi connectivity index (χ4n) is 2.93. The lowest BCUT2D eigenvalue weighted by Gasteiger charge is -2.16. The van der Waals surface area contributed by atoms with Gasteiger partial charge in [-0.3, -0.25) is 4.99 Å². The molecule has 0 radical (unpaired) electrons. The van der Waals surface area contributed by atoms with Gasteiger partial charge in [0.2, 0.25) is 0 Å². The van der Waals surface area contributed by atoms with E-state index < -0.39 is 0 Å². The Morgan fingerprint density at radius 1 is 1.07 bits per heavy atom. The Kier molecular flexibility index (Phi) is 9.15. The number of benzene rings is 2. The van der Waals surface area contributed by atoms with E-state index in [-0.39, 0.29) is 12.5 Å². The Morgan fingerprint density at radius 2 is 1.86 bits per heavy atom. The van der Waals surface area contributed by atoms with Crippen LogP contribution in [0.5, 0.6) is 11.5 Å². The first kappa shape index (κ1) is 21.6. The van der Waals surface area contributed by atoms with E-state index in [1.807, 2.05) is 55.5 Å². The zero-order valence-corrected chi connectivity index (χ0v) is 16.9. The van der Waals surface area contributed by atoms with Crippen molar-refractivity contribution in [1.29, 1.82) is 0 Å². The van der Waals surface area contributed by atoms with Crippen LogP contribution in [0.4, 0.5) is 0 Å². The highest BCUT2D eigenvalue weighted by atomic mass is 16.5. The lowest BCUT2D eigenvalue weighted by Crippen LogP contribution is -2.38. The third kappa shape index (κ3) is 6.46. The molecule has 6 nitrogen and oxygen atoms in total. The van der Waals surface area contributed by atoms with E-state index >= 15 is 0 Å². The number of nitrogens with zero attached hydrogens (tertiary/aromatic N) is 1. The van der Waals surface area contributed by atoms with Crippen molar-refractivity contribution in [3.8, 4) is 11.5 Å². The quantitative estimate of drug-likeness (QED) is 0.433. The third-order valence-electron chi connectivity index (χ3n) is 4.48. The molecule has 2 rings (SSSR count). The van der Waals surface area contributed by atoms with Crippen molar-refractivity contribution < 1.29 is 14.6 Å². The van der Waals surface area contributed by atoms with Gasteiger partial charge in [-0.2, -0.15) is 0 Å². The number of aliphatic hydroxyl groups is 1. The average molecular weight is 386 g/mol. The third-order valence-corrected chi connectivity index (χ3v) is 4.48. The number of aliphatic hydroxyl groups excluding tert-OH is 1. The number of rotatable bonds is 10. The van der Waals surface area contributed by atoms with Crippen LogP contribution in [0.2, 0.25) is 0 Å². The van der Waals surface area contributed by atoms with Gasteiger partial charge in [-0.05, 0) is 42.7 Å². The van der Waals surface area contributed by atoms with Gasteiger partial charge in [0.05, 0.1) is 27.4 Å². The molecule has 6 heteroatoms. The summed E-state index contributed by atoms with van der Waals surface area (Å²) in [6.45, 7) is 4.07. The highest BCUT2D eigenvalue weighted by Crippen LogP contribution is 2.24. The van der Waals surface area contributed by atoms with Crippen molar-refractivity contribution in [3.05, 3.63) is 59.7 Å². The summed E-state index contributed by atoms with van der Waals surface area (Å²) in [5.41, 5.74) is 2.16. The van der Waals surface area contributed by atoms with Gasteiger partial charge >= 0.3 is 0 Å². The van der Waals surface area contributed by atoms with Crippen LogP contribution in [0, 0.1) is 0 Å². The van der Waals surface area contributed by atoms with Gasteiger partial charge in [-0.1, -0.05) is 30.3 Å². The average Bonchev–Trinajstić information content (AvgIpc) is 2.74. The summed E-state index contributed by atoms with van der Waals surface area (Å²) in [4.78, 5) is 4.65. The summed E-state index contributed by atoms with van der Waals surface area (Å²) < 4.78 is 10.7. The number of nitrogens with one attached hydrogen (secondary N) is 2. The van der Waals surface area contributed by atoms with Crippen LogP contribution in [0.25, 0.3) is 0 Å². The molecule has 2 aromatic rings. The summed E-state index contributed by atoms with van der Waals surface area (Å²) in [6.07, 6.45) is 0.771. The molecule has 0 spiro atoms. The number of hydrogen-bond donors (Lipinski definition) is 3. The molecule has 3 N–H and O–H groups in total. The van der Waals surface area contributed by atoms with E-state index in [1.54, 1.807) is 14.2 Å². The van der Waals surface area contributed by atoms with Gasteiger partial charge in [0.1, 0.15) is 11.5 Å². The standard InChI is InChI=1S/C22H31N3O3/c1-4-23-22(25-15-19(16-26)17-8-6-5-7-9-17)24-13-12-18-14-20(27-2)10-11-21(18)28-3/h5-11,14,19,26H,4,12-13,15-16H2,1-3H3,(H2,23,24,25). The summed E-state index contributed by atoms with van der Waals surface area (Å²) in [5.74, 6) is 2.37. The van der Waals surface area contributed by atoms with E-state index in [1.165, 1.54) is 0 Å². The SMILES string of the molecule is CCNC(=NCC(CO)c1ccccc1)NCCc1cc(OC)ccc1OC. The number of methoxy groups -OCH3 is 2. The lowest BCUT2D eigenvalue weighted by molar-refractivity contribution is 0.268.